The van der Waals surface area contributed by atoms with E-state index in [0.717, 1.165) is 5.52 Å². The number of carbonyl (C=O) groups is 1. The molecule has 0 aliphatic carbocycles. The molecule has 0 atom stereocenters. The topological polar surface area (TPSA) is 140 Å². The van der Waals surface area contributed by atoms with Crippen molar-refractivity contribution in [1.29, 1.82) is 0 Å². The van der Waals surface area contributed by atoms with Gasteiger partial charge >= 0.3 is 0 Å². The minimum atomic E-state index is -0.356. The number of benzene rings is 2. The molecule has 0 saturated heterocycles. The number of nitrogens with zero attached hydrogens (tertiary/aromatic N) is 2. The van der Waals surface area contributed by atoms with E-state index in [1.54, 1.807) is 50.7 Å². The van der Waals surface area contributed by atoms with Crippen LogP contribution in [0.2, 0.25) is 0 Å². The van der Waals surface area contributed by atoms with Crippen molar-refractivity contribution in [3.8, 4) is 28.8 Å². The number of rotatable bonds is 7. The average Bonchev–Trinajstić information content (AvgIpc) is 3.38. The Balaban J connectivity index is 1.66. The van der Waals surface area contributed by atoms with E-state index in [4.69, 9.17) is 19.9 Å². The lowest BCUT2D eigenvalue weighted by Gasteiger charge is -2.11. The van der Waals surface area contributed by atoms with Crippen LogP contribution >= 0.6 is 0 Å². The molecule has 0 saturated carbocycles. The second-order valence-corrected chi connectivity index (χ2v) is 6.60. The van der Waals surface area contributed by atoms with E-state index in [0.29, 0.717) is 57.8 Å². The summed E-state index contributed by atoms with van der Waals surface area (Å²) in [5.74, 6) is 1.67. The predicted molar refractivity (Wildman–Crippen MR) is 117 cm³/mol. The highest BCUT2D eigenvalue weighted by molar-refractivity contribution is 6.07. The quantitative estimate of drug-likeness (QED) is 0.335. The lowest BCUT2D eigenvalue weighted by Crippen LogP contribution is -2.14. The zero-order valence-electron chi connectivity index (χ0n) is 17.3. The third kappa shape index (κ3) is 3.82. The van der Waals surface area contributed by atoms with Gasteiger partial charge in [0.25, 0.3) is 5.91 Å². The van der Waals surface area contributed by atoms with Crippen molar-refractivity contribution in [2.45, 2.75) is 6.92 Å². The highest BCUT2D eigenvalue weighted by Gasteiger charge is 2.19. The fraction of sp³-hybridized carbons (Fsp3) is 0.190. The molecular weight excluding hydrogens is 400 g/mol. The largest absolute Gasteiger partial charge is 0.493 e. The van der Waals surface area contributed by atoms with Gasteiger partial charge in [0.15, 0.2) is 23.0 Å². The van der Waals surface area contributed by atoms with Crippen molar-refractivity contribution >= 4 is 28.3 Å². The van der Waals surface area contributed by atoms with Gasteiger partial charge in [-0.3, -0.25) is 9.89 Å². The molecule has 2 heterocycles. The number of nitrogens with two attached hydrogens (primary N) is 1. The van der Waals surface area contributed by atoms with E-state index in [-0.39, 0.29) is 5.91 Å². The number of nitrogens with one attached hydrogen (secondary N) is 3. The van der Waals surface area contributed by atoms with Crippen LogP contribution in [0.3, 0.4) is 0 Å². The highest BCUT2D eigenvalue weighted by atomic mass is 16.5. The predicted octanol–water partition coefficient (Wildman–Crippen LogP) is 3.20. The van der Waals surface area contributed by atoms with Crippen molar-refractivity contribution in [2.75, 3.05) is 31.9 Å². The Morgan fingerprint density at radius 2 is 1.90 bits per heavy atom. The first-order valence-corrected chi connectivity index (χ1v) is 9.53. The number of aromatic amines is 2. The average molecular weight is 422 g/mol. The highest BCUT2D eigenvalue weighted by Crippen LogP contribution is 2.33. The molecule has 0 aliphatic heterocycles. The maximum Gasteiger partial charge on any atom is 0.259 e. The number of imidazole rings is 1. The number of hydrogen-bond acceptors (Lipinski definition) is 7. The maximum absolute atomic E-state index is 12.9. The SMILES string of the molecule is CCOc1cc(N)ccc1C(=O)Nc1c[nH]nc1-c1nc2cc(OC)c(OC)cc2[nH]1. The number of amides is 1. The fourth-order valence-electron chi connectivity index (χ4n) is 3.21. The number of anilines is 2. The minimum Gasteiger partial charge on any atom is -0.493 e. The molecular formula is C21H22N6O4. The number of nitrogen functional groups attached to an aromatic ring is 1. The molecule has 31 heavy (non-hydrogen) atoms. The van der Waals surface area contributed by atoms with Gasteiger partial charge in [0, 0.05) is 30.1 Å². The molecule has 1 amide bonds. The van der Waals surface area contributed by atoms with Gasteiger partial charge in [-0.05, 0) is 19.1 Å². The van der Waals surface area contributed by atoms with Crippen molar-refractivity contribution < 1.29 is 19.0 Å². The number of methoxy groups -OCH3 is 2. The summed E-state index contributed by atoms with van der Waals surface area (Å²) in [5.41, 5.74) is 9.02. The van der Waals surface area contributed by atoms with E-state index in [9.17, 15) is 4.79 Å². The number of H-pyrrole nitrogens is 2. The Morgan fingerprint density at radius 1 is 1.13 bits per heavy atom. The van der Waals surface area contributed by atoms with Crippen LogP contribution in [0.25, 0.3) is 22.6 Å². The molecule has 10 nitrogen and oxygen atoms in total. The molecule has 2 aromatic heterocycles. The first kappa shape index (κ1) is 20.1. The van der Waals surface area contributed by atoms with E-state index in [2.05, 4.69) is 25.5 Å². The molecule has 0 fully saturated rings. The molecule has 4 aromatic rings. The summed E-state index contributed by atoms with van der Waals surface area (Å²) < 4.78 is 16.2. The van der Waals surface area contributed by atoms with Gasteiger partial charge in [0.1, 0.15) is 5.75 Å². The van der Waals surface area contributed by atoms with Crippen LogP contribution in [0, 0.1) is 0 Å². The second-order valence-electron chi connectivity index (χ2n) is 6.60. The molecule has 0 aliphatic rings. The monoisotopic (exact) mass is 422 g/mol. The van der Waals surface area contributed by atoms with Gasteiger partial charge in [0.2, 0.25) is 0 Å². The summed E-state index contributed by atoms with van der Waals surface area (Å²) in [5, 5.41) is 9.86. The number of aromatic nitrogens is 4. The van der Waals surface area contributed by atoms with Gasteiger partial charge in [-0.1, -0.05) is 0 Å². The zero-order chi connectivity index (χ0) is 22.0. The molecule has 5 N–H and O–H groups in total. The Morgan fingerprint density at radius 3 is 2.65 bits per heavy atom. The van der Waals surface area contributed by atoms with Gasteiger partial charge in [-0.2, -0.15) is 5.10 Å². The molecule has 4 rings (SSSR count). The molecule has 0 unspecified atom stereocenters. The normalized spacial score (nSPS) is 10.8. The van der Waals surface area contributed by atoms with Gasteiger partial charge < -0.3 is 30.2 Å². The van der Waals surface area contributed by atoms with Crippen LogP contribution in [0.5, 0.6) is 17.2 Å². The number of hydrogen-bond donors (Lipinski definition) is 4. The van der Waals surface area contributed by atoms with E-state index >= 15 is 0 Å². The van der Waals surface area contributed by atoms with Crippen molar-refractivity contribution in [3.63, 3.8) is 0 Å². The Bertz CT molecular complexity index is 1210. The van der Waals surface area contributed by atoms with Gasteiger partial charge in [0.05, 0.1) is 43.1 Å². The van der Waals surface area contributed by atoms with Crippen LogP contribution in [-0.4, -0.2) is 46.9 Å². The number of fused-ring (bicyclic) bond motifs is 1. The van der Waals surface area contributed by atoms with Crippen molar-refractivity contribution in [1.82, 2.24) is 20.2 Å². The van der Waals surface area contributed by atoms with E-state index < -0.39 is 0 Å². The fourth-order valence-corrected chi connectivity index (χ4v) is 3.21. The molecule has 2 aromatic carbocycles. The summed E-state index contributed by atoms with van der Waals surface area (Å²) in [4.78, 5) is 20.7. The third-order valence-electron chi connectivity index (χ3n) is 4.65. The molecule has 0 radical (unpaired) electrons. The maximum atomic E-state index is 12.9. The van der Waals surface area contributed by atoms with Crippen LogP contribution in [0.15, 0.2) is 36.5 Å². The second kappa shape index (κ2) is 8.27. The number of carbonyl (C=O) groups excluding carboxylic acids is 1. The molecule has 10 heteroatoms. The smallest absolute Gasteiger partial charge is 0.259 e. The first-order chi connectivity index (χ1) is 15.0. The number of ether oxygens (including phenoxy) is 3. The minimum absolute atomic E-state index is 0.356. The molecule has 160 valence electrons. The standard InChI is InChI=1S/C21H22N6O4/c1-4-31-16-7-11(22)5-6-12(16)21(28)26-15-10-23-27-19(15)20-24-13-8-17(29-2)18(30-3)9-14(13)25-20/h5-10H,4,22H2,1-3H3,(H,23,27)(H,24,25)(H,26,28). The van der Waals surface area contributed by atoms with Crippen LogP contribution in [0.4, 0.5) is 11.4 Å². The van der Waals surface area contributed by atoms with E-state index in [1.165, 1.54) is 0 Å². The van der Waals surface area contributed by atoms with Crippen LogP contribution in [-0.2, 0) is 0 Å². The van der Waals surface area contributed by atoms with Crippen molar-refractivity contribution in [3.05, 3.63) is 42.1 Å². The Kier molecular flexibility index (Phi) is 5.35. The Labute approximate surface area is 177 Å². The van der Waals surface area contributed by atoms with Crippen LogP contribution < -0.4 is 25.3 Å². The Hall–Kier alpha value is -4.21. The molecule has 0 spiro atoms. The third-order valence-corrected chi connectivity index (χ3v) is 4.65. The summed E-state index contributed by atoms with van der Waals surface area (Å²) in [7, 11) is 3.13. The molecule has 0 bridgehead atoms. The lowest BCUT2D eigenvalue weighted by molar-refractivity contribution is 0.102. The van der Waals surface area contributed by atoms with Gasteiger partial charge in [-0.25, -0.2) is 4.98 Å². The zero-order valence-corrected chi connectivity index (χ0v) is 17.3. The summed E-state index contributed by atoms with van der Waals surface area (Å²) in [6, 6.07) is 8.44. The van der Waals surface area contributed by atoms with Crippen LogP contribution in [0.1, 0.15) is 17.3 Å². The van der Waals surface area contributed by atoms with Gasteiger partial charge in [-0.15, -0.1) is 0 Å². The van der Waals surface area contributed by atoms with E-state index in [1.807, 2.05) is 6.92 Å². The summed E-state index contributed by atoms with van der Waals surface area (Å²) in [6.45, 7) is 2.25. The lowest BCUT2D eigenvalue weighted by atomic mass is 10.1. The first-order valence-electron chi connectivity index (χ1n) is 9.53. The summed E-state index contributed by atoms with van der Waals surface area (Å²) >= 11 is 0. The van der Waals surface area contributed by atoms with Crippen molar-refractivity contribution in [2.24, 2.45) is 0 Å². The summed E-state index contributed by atoms with van der Waals surface area (Å²) in [6.07, 6.45) is 1.58.